The van der Waals surface area contributed by atoms with Gasteiger partial charge in [0.25, 0.3) is 5.91 Å². The van der Waals surface area contributed by atoms with E-state index in [2.05, 4.69) is 15.5 Å². The molecule has 174 valence electrons. The lowest BCUT2D eigenvalue weighted by molar-refractivity contribution is -0.0384. The van der Waals surface area contributed by atoms with E-state index in [1.165, 1.54) is 0 Å². The number of pyridine rings is 1. The molecule has 0 saturated carbocycles. The summed E-state index contributed by atoms with van der Waals surface area (Å²) in [5.74, 6) is -0.0774. The smallest absolute Gasteiger partial charge is 0.273 e. The molecule has 0 aliphatic carbocycles. The third-order valence-electron chi connectivity index (χ3n) is 6.09. The average Bonchev–Trinajstić information content (AvgIpc) is 3.17. The maximum absolute atomic E-state index is 16.1. The first-order chi connectivity index (χ1) is 15.7. The summed E-state index contributed by atoms with van der Waals surface area (Å²) in [4.78, 5) is 17.0. The predicted molar refractivity (Wildman–Crippen MR) is 123 cm³/mol. The van der Waals surface area contributed by atoms with Crippen LogP contribution in [-0.2, 0) is 11.3 Å². The number of rotatable bonds is 5. The van der Waals surface area contributed by atoms with E-state index in [0.29, 0.717) is 16.9 Å². The molecule has 2 atom stereocenters. The lowest BCUT2D eigenvalue weighted by Crippen LogP contribution is -2.29. The molecule has 0 radical (unpaired) electrons. The highest BCUT2D eigenvalue weighted by Gasteiger charge is 2.29. The summed E-state index contributed by atoms with van der Waals surface area (Å²) in [5.41, 5.74) is 4.63. The zero-order valence-electron chi connectivity index (χ0n) is 19.7. The van der Waals surface area contributed by atoms with E-state index in [0.717, 1.165) is 35.4 Å². The van der Waals surface area contributed by atoms with Crippen molar-refractivity contribution in [3.8, 4) is 11.1 Å². The number of nitrogens with one attached hydrogen (secondary N) is 1. The van der Waals surface area contributed by atoms with Gasteiger partial charge in [0.15, 0.2) is 5.69 Å². The number of amides is 1. The van der Waals surface area contributed by atoms with E-state index in [1.54, 1.807) is 13.0 Å². The standard InChI is InChI=1S/C26H30FN3O3/c1-14-8-19(9-15(2)29-14)21-6-7-22(20-10-16(3)32-17(4)11-20)25(27)23(21)13-28-26(31)24-12-18(5)33-30-24/h6-9,12,16-17,20H,10-11,13H2,1-5H3,(H,28,31). The van der Waals surface area contributed by atoms with Crippen molar-refractivity contribution in [2.75, 3.05) is 0 Å². The Kier molecular flexibility index (Phi) is 6.61. The van der Waals surface area contributed by atoms with Crippen LogP contribution >= 0.6 is 0 Å². The van der Waals surface area contributed by atoms with Crippen molar-refractivity contribution in [1.82, 2.24) is 15.5 Å². The van der Waals surface area contributed by atoms with E-state index < -0.39 is 5.91 Å². The molecule has 2 unspecified atom stereocenters. The van der Waals surface area contributed by atoms with Gasteiger partial charge in [0.05, 0.1) is 12.2 Å². The minimum absolute atomic E-state index is 0.0362. The van der Waals surface area contributed by atoms with Gasteiger partial charge in [-0.05, 0) is 82.2 Å². The molecule has 3 heterocycles. The lowest BCUT2D eigenvalue weighted by Gasteiger charge is -2.33. The molecular weight excluding hydrogens is 421 g/mol. The second-order valence-corrected chi connectivity index (χ2v) is 9.06. The second kappa shape index (κ2) is 9.43. The number of ether oxygens (including phenoxy) is 1. The summed E-state index contributed by atoms with van der Waals surface area (Å²) < 4.78 is 26.9. The highest BCUT2D eigenvalue weighted by atomic mass is 19.1. The zero-order chi connectivity index (χ0) is 23.7. The number of carbonyl (C=O) groups excluding carboxylic acids is 1. The van der Waals surface area contributed by atoms with Crippen molar-refractivity contribution in [2.24, 2.45) is 0 Å². The molecule has 3 aromatic rings. The first-order valence-corrected chi connectivity index (χ1v) is 11.3. The normalized spacial score (nSPS) is 20.6. The zero-order valence-corrected chi connectivity index (χ0v) is 19.7. The van der Waals surface area contributed by atoms with Crippen molar-refractivity contribution < 1.29 is 18.4 Å². The molecule has 33 heavy (non-hydrogen) atoms. The van der Waals surface area contributed by atoms with Crippen LogP contribution in [0.1, 0.15) is 71.4 Å². The number of aryl methyl sites for hydroxylation is 3. The monoisotopic (exact) mass is 451 g/mol. The summed E-state index contributed by atoms with van der Waals surface area (Å²) in [5, 5.41) is 6.57. The van der Waals surface area contributed by atoms with Gasteiger partial charge < -0.3 is 14.6 Å². The Morgan fingerprint density at radius 3 is 2.36 bits per heavy atom. The van der Waals surface area contributed by atoms with Crippen molar-refractivity contribution >= 4 is 5.91 Å². The van der Waals surface area contributed by atoms with Gasteiger partial charge in [-0.15, -0.1) is 0 Å². The summed E-state index contributed by atoms with van der Waals surface area (Å²) in [6.07, 6.45) is 1.67. The number of hydrogen-bond donors (Lipinski definition) is 1. The van der Waals surface area contributed by atoms with Crippen LogP contribution in [0.25, 0.3) is 11.1 Å². The molecule has 2 aromatic heterocycles. The van der Waals surface area contributed by atoms with Gasteiger partial charge in [0.2, 0.25) is 0 Å². The molecule has 1 aromatic carbocycles. The minimum atomic E-state index is -0.405. The Bertz CT molecular complexity index is 1140. The third kappa shape index (κ3) is 5.14. The van der Waals surface area contributed by atoms with Gasteiger partial charge in [-0.1, -0.05) is 17.3 Å². The molecule has 1 saturated heterocycles. The first kappa shape index (κ1) is 23.1. The minimum Gasteiger partial charge on any atom is -0.376 e. The highest BCUT2D eigenvalue weighted by Crippen LogP contribution is 2.38. The van der Waals surface area contributed by atoms with Crippen LogP contribution in [-0.4, -0.2) is 28.3 Å². The Balaban J connectivity index is 1.73. The number of aromatic nitrogens is 2. The number of halogens is 1. The van der Waals surface area contributed by atoms with E-state index in [9.17, 15) is 4.79 Å². The summed E-state index contributed by atoms with van der Waals surface area (Å²) >= 11 is 0. The highest BCUT2D eigenvalue weighted by molar-refractivity contribution is 5.92. The van der Waals surface area contributed by atoms with Gasteiger partial charge in [-0.3, -0.25) is 9.78 Å². The molecule has 4 rings (SSSR count). The quantitative estimate of drug-likeness (QED) is 0.562. The van der Waals surface area contributed by atoms with Crippen LogP contribution in [0.3, 0.4) is 0 Å². The Hall–Kier alpha value is -3.06. The van der Waals surface area contributed by atoms with E-state index >= 15 is 4.39 Å². The van der Waals surface area contributed by atoms with Crippen LogP contribution in [0.4, 0.5) is 4.39 Å². The van der Waals surface area contributed by atoms with E-state index in [-0.39, 0.29) is 36.2 Å². The van der Waals surface area contributed by atoms with Crippen molar-refractivity contribution in [3.05, 3.63) is 70.1 Å². The fourth-order valence-corrected chi connectivity index (χ4v) is 4.78. The van der Waals surface area contributed by atoms with E-state index in [1.807, 2.05) is 52.0 Å². The van der Waals surface area contributed by atoms with Gasteiger partial charge in [-0.2, -0.15) is 0 Å². The molecule has 1 aliphatic heterocycles. The third-order valence-corrected chi connectivity index (χ3v) is 6.09. The number of benzene rings is 1. The van der Waals surface area contributed by atoms with Gasteiger partial charge in [-0.25, -0.2) is 4.39 Å². The van der Waals surface area contributed by atoms with E-state index in [4.69, 9.17) is 9.26 Å². The van der Waals surface area contributed by atoms with Crippen LogP contribution in [0.5, 0.6) is 0 Å². The SMILES string of the molecule is Cc1cc(-c2ccc(C3CC(C)OC(C)C3)c(F)c2CNC(=O)c2cc(C)on2)cc(C)n1. The summed E-state index contributed by atoms with van der Waals surface area (Å²) in [6, 6.07) is 9.28. The number of hydrogen-bond acceptors (Lipinski definition) is 5. The topological polar surface area (TPSA) is 77.2 Å². The molecule has 1 N–H and O–H groups in total. The lowest BCUT2D eigenvalue weighted by atomic mass is 9.83. The molecule has 0 spiro atoms. The van der Waals surface area contributed by atoms with Crippen molar-refractivity contribution in [2.45, 2.75) is 72.1 Å². The van der Waals surface area contributed by atoms with Crippen LogP contribution in [0, 0.1) is 26.6 Å². The maximum atomic E-state index is 16.1. The maximum Gasteiger partial charge on any atom is 0.273 e. The second-order valence-electron chi connectivity index (χ2n) is 9.06. The Morgan fingerprint density at radius 2 is 1.76 bits per heavy atom. The number of nitrogens with zero attached hydrogens (tertiary/aromatic N) is 2. The summed E-state index contributed by atoms with van der Waals surface area (Å²) in [7, 11) is 0. The first-order valence-electron chi connectivity index (χ1n) is 11.3. The molecule has 6 nitrogen and oxygen atoms in total. The molecule has 1 amide bonds. The van der Waals surface area contributed by atoms with Crippen molar-refractivity contribution in [1.29, 1.82) is 0 Å². The summed E-state index contributed by atoms with van der Waals surface area (Å²) in [6.45, 7) is 9.64. The Labute approximate surface area is 193 Å². The van der Waals surface area contributed by atoms with Gasteiger partial charge in [0.1, 0.15) is 11.6 Å². The largest absolute Gasteiger partial charge is 0.376 e. The average molecular weight is 452 g/mol. The number of carbonyl (C=O) groups is 1. The fraction of sp³-hybridized carbons (Fsp3) is 0.423. The van der Waals surface area contributed by atoms with Gasteiger partial charge in [0, 0.05) is 29.6 Å². The van der Waals surface area contributed by atoms with Crippen LogP contribution < -0.4 is 5.32 Å². The fourth-order valence-electron chi connectivity index (χ4n) is 4.78. The molecule has 1 aliphatic rings. The van der Waals surface area contributed by atoms with Gasteiger partial charge >= 0.3 is 0 Å². The molecule has 0 bridgehead atoms. The molecule has 7 heteroatoms. The molecule has 1 fully saturated rings. The van der Waals surface area contributed by atoms with Crippen LogP contribution in [0.2, 0.25) is 0 Å². The van der Waals surface area contributed by atoms with Crippen molar-refractivity contribution in [3.63, 3.8) is 0 Å². The predicted octanol–water partition coefficient (Wildman–Crippen LogP) is 5.40. The Morgan fingerprint density at radius 1 is 1.09 bits per heavy atom. The molecular formula is C26H30FN3O3. The van der Waals surface area contributed by atoms with Crippen LogP contribution in [0.15, 0.2) is 34.9 Å².